The van der Waals surface area contributed by atoms with Gasteiger partial charge in [-0.15, -0.1) is 0 Å². The lowest BCUT2D eigenvalue weighted by Gasteiger charge is -2.19. The van der Waals surface area contributed by atoms with E-state index >= 15 is 0 Å². The van der Waals surface area contributed by atoms with Gasteiger partial charge in [-0.1, -0.05) is 62.4 Å². The Bertz CT molecular complexity index is 1370. The molecule has 0 atom stereocenters. The minimum atomic E-state index is -0.269. The maximum Gasteiger partial charge on any atom is 0.258 e. The zero-order valence-electron chi connectivity index (χ0n) is 23.0. The third-order valence-corrected chi connectivity index (χ3v) is 7.59. The zero-order chi connectivity index (χ0) is 27.2. The molecule has 5 rings (SSSR count). The second-order valence-corrected chi connectivity index (χ2v) is 10.7. The summed E-state index contributed by atoms with van der Waals surface area (Å²) in [6.07, 6.45) is 4.70. The molecule has 0 saturated carbocycles. The zero-order valence-corrected chi connectivity index (χ0v) is 23.0. The van der Waals surface area contributed by atoms with Crippen molar-refractivity contribution in [1.82, 2.24) is 9.47 Å². The number of hydrogen-bond acceptors (Lipinski definition) is 2. The van der Waals surface area contributed by atoms with Crippen molar-refractivity contribution in [2.75, 3.05) is 25.0 Å². The van der Waals surface area contributed by atoms with Crippen LogP contribution in [-0.4, -0.2) is 35.0 Å². The highest BCUT2D eigenvalue weighted by molar-refractivity contribution is 6.12. The third kappa shape index (κ3) is 6.15. The summed E-state index contributed by atoms with van der Waals surface area (Å²) < 4.78 is 16.4. The van der Waals surface area contributed by atoms with E-state index in [0.717, 1.165) is 59.7 Å². The van der Waals surface area contributed by atoms with Gasteiger partial charge in [-0.2, -0.15) is 0 Å². The van der Waals surface area contributed by atoms with Crippen LogP contribution < -0.4 is 5.32 Å². The summed E-state index contributed by atoms with van der Waals surface area (Å²) in [6.45, 7) is 8.60. The summed E-state index contributed by atoms with van der Waals surface area (Å²) in [5.74, 6) is -0.283. The van der Waals surface area contributed by atoms with Gasteiger partial charge in [-0.3, -0.25) is 4.79 Å². The largest absolute Gasteiger partial charge is 0.343 e. The fourth-order valence-electron chi connectivity index (χ4n) is 5.82. The molecule has 3 aromatic carbocycles. The van der Waals surface area contributed by atoms with Crippen molar-refractivity contribution in [3.8, 4) is 22.4 Å². The Kier molecular flexibility index (Phi) is 8.58. The lowest BCUT2D eigenvalue weighted by atomic mass is 9.94. The molecule has 0 spiro atoms. The summed E-state index contributed by atoms with van der Waals surface area (Å²) in [5.41, 5.74) is 6.24. The van der Waals surface area contributed by atoms with Crippen molar-refractivity contribution in [3.63, 3.8) is 0 Å². The number of benzene rings is 3. The van der Waals surface area contributed by atoms with E-state index in [1.54, 1.807) is 0 Å². The van der Waals surface area contributed by atoms with Gasteiger partial charge in [0.05, 0.1) is 11.3 Å². The van der Waals surface area contributed by atoms with Crippen LogP contribution in [0.25, 0.3) is 22.4 Å². The number of para-hydroxylation sites is 1. The number of nitrogens with zero attached hydrogens (tertiary/aromatic N) is 2. The third-order valence-electron chi connectivity index (χ3n) is 7.59. The predicted octanol–water partition coefficient (Wildman–Crippen LogP) is 8.21. The maximum absolute atomic E-state index is 14.1. The highest BCUT2D eigenvalue weighted by Crippen LogP contribution is 2.42. The van der Waals surface area contributed by atoms with Crippen molar-refractivity contribution in [3.05, 3.63) is 102 Å². The number of halogens is 1. The van der Waals surface area contributed by atoms with E-state index in [0.29, 0.717) is 5.56 Å². The van der Waals surface area contributed by atoms with Gasteiger partial charge in [0.2, 0.25) is 0 Å². The quantitative estimate of drug-likeness (QED) is 0.213. The minimum absolute atomic E-state index is 0.108. The first-order chi connectivity index (χ1) is 19.0. The molecule has 0 unspecified atom stereocenters. The molecule has 1 saturated heterocycles. The SMILES string of the molecule is CC(C)c1c(C(=O)Nc2ccccc2)c(-c2ccccc2)c(-c2ccc(F)cc2)n1CCCCN1CCCC1. The number of carbonyl (C=O) groups excluding carboxylic acids is 1. The van der Waals surface area contributed by atoms with Crippen molar-refractivity contribution in [2.45, 2.75) is 52.0 Å². The molecule has 0 aliphatic carbocycles. The predicted molar refractivity (Wildman–Crippen MR) is 159 cm³/mol. The summed E-state index contributed by atoms with van der Waals surface area (Å²) >= 11 is 0. The van der Waals surface area contributed by atoms with Crippen LogP contribution in [0.4, 0.5) is 10.1 Å². The lowest BCUT2D eigenvalue weighted by Crippen LogP contribution is -2.21. The van der Waals surface area contributed by atoms with Crippen LogP contribution in [0.15, 0.2) is 84.9 Å². The minimum Gasteiger partial charge on any atom is -0.343 e. The summed E-state index contributed by atoms with van der Waals surface area (Å²) in [6, 6.07) is 26.4. The Morgan fingerprint density at radius 1 is 0.821 bits per heavy atom. The van der Waals surface area contributed by atoms with E-state index < -0.39 is 0 Å². The molecule has 1 N–H and O–H groups in total. The first kappa shape index (κ1) is 26.9. The van der Waals surface area contributed by atoms with Crippen LogP contribution in [0.5, 0.6) is 0 Å². The topological polar surface area (TPSA) is 37.3 Å². The second-order valence-electron chi connectivity index (χ2n) is 10.7. The average Bonchev–Trinajstić information content (AvgIpc) is 3.59. The Hall–Kier alpha value is -3.70. The number of anilines is 1. The van der Waals surface area contributed by atoms with Gasteiger partial charge in [0.15, 0.2) is 0 Å². The molecular formula is C34H38FN3O. The molecule has 1 aliphatic rings. The molecule has 39 heavy (non-hydrogen) atoms. The Labute approximate surface area is 231 Å². The number of nitrogens with one attached hydrogen (secondary N) is 1. The monoisotopic (exact) mass is 523 g/mol. The van der Waals surface area contributed by atoms with Crippen LogP contribution in [-0.2, 0) is 6.54 Å². The molecule has 4 aromatic rings. The van der Waals surface area contributed by atoms with Crippen molar-refractivity contribution in [2.24, 2.45) is 0 Å². The fourth-order valence-corrected chi connectivity index (χ4v) is 5.82. The molecule has 1 aromatic heterocycles. The van der Waals surface area contributed by atoms with Crippen molar-refractivity contribution >= 4 is 11.6 Å². The molecule has 1 fully saturated rings. The highest BCUT2D eigenvalue weighted by Gasteiger charge is 2.30. The molecule has 2 heterocycles. The van der Waals surface area contributed by atoms with E-state index in [9.17, 15) is 9.18 Å². The van der Waals surface area contributed by atoms with Crippen LogP contribution in [0.3, 0.4) is 0 Å². The number of unbranched alkanes of at least 4 members (excludes halogenated alkanes) is 1. The van der Waals surface area contributed by atoms with Gasteiger partial charge in [-0.25, -0.2) is 4.39 Å². The van der Waals surface area contributed by atoms with Crippen LogP contribution >= 0.6 is 0 Å². The molecule has 5 heteroatoms. The summed E-state index contributed by atoms with van der Waals surface area (Å²) in [5, 5.41) is 3.15. The molecular weight excluding hydrogens is 485 g/mol. The number of rotatable bonds is 10. The molecule has 0 radical (unpaired) electrons. The number of carbonyl (C=O) groups is 1. The number of amides is 1. The molecule has 0 bridgehead atoms. The standard InChI is InChI=1S/C34H38FN3O/c1-25(2)32-31(34(39)36-29-15-7-4-8-16-29)30(26-13-5-3-6-14-26)33(27-17-19-28(35)20-18-27)38(32)24-12-11-23-37-21-9-10-22-37/h3-8,13-20,25H,9-12,21-24H2,1-2H3,(H,36,39). The Balaban J connectivity index is 1.65. The van der Waals surface area contributed by atoms with Gasteiger partial charge in [-0.05, 0) is 98.8 Å². The molecule has 4 nitrogen and oxygen atoms in total. The summed E-state index contributed by atoms with van der Waals surface area (Å²) in [7, 11) is 0. The van der Waals surface area contributed by atoms with Gasteiger partial charge < -0.3 is 14.8 Å². The lowest BCUT2D eigenvalue weighted by molar-refractivity contribution is 0.102. The van der Waals surface area contributed by atoms with Gasteiger partial charge in [0.25, 0.3) is 5.91 Å². The van der Waals surface area contributed by atoms with Gasteiger partial charge >= 0.3 is 0 Å². The molecule has 1 aliphatic heterocycles. The number of aromatic nitrogens is 1. The van der Waals surface area contributed by atoms with E-state index in [4.69, 9.17) is 0 Å². The van der Waals surface area contributed by atoms with Crippen molar-refractivity contribution < 1.29 is 9.18 Å². The second kappa shape index (κ2) is 12.4. The number of hydrogen-bond donors (Lipinski definition) is 1. The molecule has 1 amide bonds. The van der Waals surface area contributed by atoms with E-state index in [2.05, 4.69) is 40.8 Å². The van der Waals surface area contributed by atoms with Gasteiger partial charge in [0, 0.05) is 23.5 Å². The van der Waals surface area contributed by atoms with Crippen LogP contribution in [0, 0.1) is 5.82 Å². The molecule has 202 valence electrons. The maximum atomic E-state index is 14.1. The van der Waals surface area contributed by atoms with E-state index in [1.807, 2.05) is 60.7 Å². The van der Waals surface area contributed by atoms with E-state index in [-0.39, 0.29) is 17.6 Å². The summed E-state index contributed by atoms with van der Waals surface area (Å²) in [4.78, 5) is 16.6. The first-order valence-corrected chi connectivity index (χ1v) is 14.2. The Morgan fingerprint density at radius 3 is 2.08 bits per heavy atom. The van der Waals surface area contributed by atoms with Crippen LogP contribution in [0.1, 0.15) is 61.5 Å². The Morgan fingerprint density at radius 2 is 1.44 bits per heavy atom. The first-order valence-electron chi connectivity index (χ1n) is 14.2. The average molecular weight is 524 g/mol. The highest BCUT2D eigenvalue weighted by atomic mass is 19.1. The number of likely N-dealkylation sites (tertiary alicyclic amines) is 1. The normalized spacial score (nSPS) is 13.7. The fraction of sp³-hybridized carbons (Fsp3) is 0.324. The van der Waals surface area contributed by atoms with Crippen molar-refractivity contribution in [1.29, 1.82) is 0 Å². The van der Waals surface area contributed by atoms with E-state index in [1.165, 1.54) is 38.1 Å². The smallest absolute Gasteiger partial charge is 0.258 e. The van der Waals surface area contributed by atoms with Crippen LogP contribution in [0.2, 0.25) is 0 Å². The van der Waals surface area contributed by atoms with Gasteiger partial charge in [0.1, 0.15) is 5.82 Å².